The number of carbonyl (C=O) groups is 1. The number of nitrogens with one attached hydrogen (secondary N) is 1. The number of amides is 1. The van der Waals surface area contributed by atoms with Crippen molar-refractivity contribution in [3.8, 4) is 11.3 Å². The first-order chi connectivity index (χ1) is 11.9. The number of rotatable bonds is 6. The zero-order chi connectivity index (χ0) is 18.0. The Balaban J connectivity index is 1.95. The first-order valence-corrected chi connectivity index (χ1v) is 8.12. The van der Waals surface area contributed by atoms with E-state index < -0.39 is 17.5 Å². The van der Waals surface area contributed by atoms with E-state index >= 15 is 0 Å². The minimum atomic E-state index is -3.19. The highest BCUT2D eigenvalue weighted by molar-refractivity contribution is 5.92. The van der Waals surface area contributed by atoms with E-state index in [-0.39, 0.29) is 30.0 Å². The van der Waals surface area contributed by atoms with Gasteiger partial charge in [0.05, 0.1) is 24.5 Å². The fourth-order valence-electron chi connectivity index (χ4n) is 2.67. The third kappa shape index (κ3) is 3.99. The maximum absolute atomic E-state index is 13.9. The Kier molecular flexibility index (Phi) is 4.76. The van der Waals surface area contributed by atoms with E-state index in [4.69, 9.17) is 0 Å². The first-order valence-electron chi connectivity index (χ1n) is 8.12. The van der Waals surface area contributed by atoms with Crippen LogP contribution >= 0.6 is 0 Å². The lowest BCUT2D eigenvalue weighted by Crippen LogP contribution is -2.39. The largest absolute Gasteiger partial charge is 0.394 e. The average molecular weight is 347 g/mol. The Morgan fingerprint density at radius 2 is 2.04 bits per heavy atom. The van der Waals surface area contributed by atoms with Crippen molar-refractivity contribution < 1.29 is 18.7 Å². The maximum atomic E-state index is 13.9. The molecule has 1 aliphatic carbocycles. The molecule has 3 rings (SSSR count). The standard InChI is InChI=1S/C18H19F2N3O2/c1-18(19,20)16-15(12-5-3-2-4-6-12)22-13(9-21-16)17(25)23-14(10-24)11-7-8-11/h2-6,9,11,14,24H,7-8,10H2,1H3,(H,23,25)/t14-/m1/s1. The molecule has 0 unspecified atom stereocenters. The highest BCUT2D eigenvalue weighted by atomic mass is 19.3. The molecular formula is C18H19F2N3O2. The Bertz CT molecular complexity index is 759. The van der Waals surface area contributed by atoms with Crippen LogP contribution in [0, 0.1) is 5.92 Å². The van der Waals surface area contributed by atoms with Gasteiger partial charge in [0.2, 0.25) is 0 Å². The number of halogens is 2. The summed E-state index contributed by atoms with van der Waals surface area (Å²) in [6.45, 7) is 0.582. The Hall–Kier alpha value is -2.41. The van der Waals surface area contributed by atoms with Crippen molar-refractivity contribution in [1.29, 1.82) is 0 Å². The second-order valence-electron chi connectivity index (χ2n) is 6.31. The van der Waals surface area contributed by atoms with Crippen LogP contribution in [-0.2, 0) is 5.92 Å². The minimum absolute atomic E-state index is 0.0206. The molecule has 1 saturated carbocycles. The normalized spacial score (nSPS) is 15.7. The molecule has 1 aromatic heterocycles. The molecule has 0 saturated heterocycles. The van der Waals surface area contributed by atoms with Gasteiger partial charge in [-0.2, -0.15) is 8.78 Å². The van der Waals surface area contributed by atoms with Crippen molar-refractivity contribution in [2.75, 3.05) is 6.61 Å². The van der Waals surface area contributed by atoms with E-state index in [1.807, 2.05) is 0 Å². The first kappa shape index (κ1) is 17.4. The number of aliphatic hydroxyl groups is 1. The molecule has 1 amide bonds. The number of alkyl halides is 2. The summed E-state index contributed by atoms with van der Waals surface area (Å²) < 4.78 is 27.8. The van der Waals surface area contributed by atoms with Crippen LogP contribution in [0.3, 0.4) is 0 Å². The number of hydrogen-bond acceptors (Lipinski definition) is 4. The fourth-order valence-corrected chi connectivity index (χ4v) is 2.67. The van der Waals surface area contributed by atoms with Crippen molar-refractivity contribution in [2.24, 2.45) is 5.92 Å². The summed E-state index contributed by atoms with van der Waals surface area (Å²) in [5.74, 6) is -3.45. The summed E-state index contributed by atoms with van der Waals surface area (Å²) in [7, 11) is 0. The van der Waals surface area contributed by atoms with Crippen LogP contribution in [0.2, 0.25) is 0 Å². The van der Waals surface area contributed by atoms with Gasteiger partial charge in [0, 0.05) is 12.5 Å². The van der Waals surface area contributed by atoms with Crippen molar-refractivity contribution >= 4 is 5.91 Å². The zero-order valence-electron chi connectivity index (χ0n) is 13.7. The van der Waals surface area contributed by atoms with Gasteiger partial charge in [-0.3, -0.25) is 9.78 Å². The summed E-state index contributed by atoms with van der Waals surface area (Å²) in [6.07, 6.45) is 2.96. The summed E-state index contributed by atoms with van der Waals surface area (Å²) in [6, 6.07) is 8.11. The number of benzene rings is 1. The lowest BCUT2D eigenvalue weighted by molar-refractivity contribution is 0.0130. The molecule has 0 spiro atoms. The predicted octanol–water partition coefficient (Wildman–Crippen LogP) is 2.76. The van der Waals surface area contributed by atoms with E-state index in [1.165, 1.54) is 0 Å². The molecule has 7 heteroatoms. The van der Waals surface area contributed by atoms with Gasteiger partial charge in [0.1, 0.15) is 11.4 Å². The van der Waals surface area contributed by atoms with Gasteiger partial charge < -0.3 is 10.4 Å². The van der Waals surface area contributed by atoms with E-state index in [1.54, 1.807) is 30.3 Å². The van der Waals surface area contributed by atoms with Gasteiger partial charge in [-0.1, -0.05) is 30.3 Å². The molecule has 1 aliphatic rings. The second kappa shape index (κ2) is 6.84. The number of nitrogens with zero attached hydrogens (tertiary/aromatic N) is 2. The van der Waals surface area contributed by atoms with Gasteiger partial charge >= 0.3 is 0 Å². The molecule has 1 fully saturated rings. The van der Waals surface area contributed by atoms with Gasteiger partial charge in [0.15, 0.2) is 0 Å². The molecular weight excluding hydrogens is 328 g/mol. The molecule has 2 N–H and O–H groups in total. The molecule has 0 radical (unpaired) electrons. The van der Waals surface area contributed by atoms with Gasteiger partial charge in [-0.25, -0.2) is 4.98 Å². The Morgan fingerprint density at radius 1 is 1.36 bits per heavy atom. The summed E-state index contributed by atoms with van der Waals surface area (Å²) >= 11 is 0. The van der Waals surface area contributed by atoms with E-state index in [9.17, 15) is 18.7 Å². The molecule has 0 aliphatic heterocycles. The molecule has 1 heterocycles. The minimum Gasteiger partial charge on any atom is -0.394 e. The summed E-state index contributed by atoms with van der Waals surface area (Å²) in [5.41, 5.74) is -0.0862. The van der Waals surface area contributed by atoms with Crippen LogP contribution in [0.15, 0.2) is 36.5 Å². The SMILES string of the molecule is CC(F)(F)c1ncc(C(=O)N[C@H](CO)C2CC2)nc1-c1ccccc1. The van der Waals surface area contributed by atoms with Gasteiger partial charge in [-0.15, -0.1) is 0 Å². The van der Waals surface area contributed by atoms with Crippen LogP contribution in [0.1, 0.15) is 35.9 Å². The van der Waals surface area contributed by atoms with Crippen molar-refractivity contribution in [2.45, 2.75) is 31.7 Å². The van der Waals surface area contributed by atoms with Crippen molar-refractivity contribution in [3.05, 3.63) is 47.9 Å². The molecule has 132 valence electrons. The quantitative estimate of drug-likeness (QED) is 0.843. The lowest BCUT2D eigenvalue weighted by atomic mass is 10.1. The van der Waals surface area contributed by atoms with E-state index in [2.05, 4.69) is 15.3 Å². The second-order valence-corrected chi connectivity index (χ2v) is 6.31. The topological polar surface area (TPSA) is 75.1 Å². The fraction of sp³-hybridized carbons (Fsp3) is 0.389. The maximum Gasteiger partial charge on any atom is 0.289 e. The highest BCUT2D eigenvalue weighted by Crippen LogP contribution is 2.34. The smallest absolute Gasteiger partial charge is 0.289 e. The third-order valence-electron chi connectivity index (χ3n) is 4.17. The molecule has 2 aromatic rings. The van der Waals surface area contributed by atoms with Crippen LogP contribution in [0.25, 0.3) is 11.3 Å². The number of carbonyl (C=O) groups excluding carboxylic acids is 1. The summed E-state index contributed by atoms with van der Waals surface area (Å²) in [4.78, 5) is 20.3. The molecule has 5 nitrogen and oxygen atoms in total. The third-order valence-corrected chi connectivity index (χ3v) is 4.17. The zero-order valence-corrected chi connectivity index (χ0v) is 13.7. The van der Waals surface area contributed by atoms with Crippen molar-refractivity contribution in [1.82, 2.24) is 15.3 Å². The molecule has 0 bridgehead atoms. The van der Waals surface area contributed by atoms with Crippen LogP contribution in [-0.4, -0.2) is 33.6 Å². The van der Waals surface area contributed by atoms with Crippen LogP contribution in [0.4, 0.5) is 8.78 Å². The van der Waals surface area contributed by atoms with Gasteiger partial charge in [-0.05, 0) is 18.8 Å². The van der Waals surface area contributed by atoms with Crippen LogP contribution < -0.4 is 5.32 Å². The monoisotopic (exact) mass is 347 g/mol. The Labute approximate surface area is 144 Å². The number of aromatic nitrogens is 2. The Morgan fingerprint density at radius 3 is 2.60 bits per heavy atom. The van der Waals surface area contributed by atoms with E-state index in [0.717, 1.165) is 26.0 Å². The molecule has 25 heavy (non-hydrogen) atoms. The number of hydrogen-bond donors (Lipinski definition) is 2. The predicted molar refractivity (Wildman–Crippen MR) is 88.1 cm³/mol. The average Bonchev–Trinajstić information content (AvgIpc) is 3.44. The lowest BCUT2D eigenvalue weighted by Gasteiger charge is -2.17. The number of aliphatic hydroxyl groups excluding tert-OH is 1. The highest BCUT2D eigenvalue weighted by Gasteiger charge is 2.34. The van der Waals surface area contributed by atoms with Crippen molar-refractivity contribution in [3.63, 3.8) is 0 Å². The summed E-state index contributed by atoms with van der Waals surface area (Å²) in [5, 5.41) is 12.1. The van der Waals surface area contributed by atoms with Gasteiger partial charge in [0.25, 0.3) is 11.8 Å². The molecule has 1 aromatic carbocycles. The van der Waals surface area contributed by atoms with E-state index in [0.29, 0.717) is 5.56 Å². The molecule has 1 atom stereocenters. The van der Waals surface area contributed by atoms with Crippen LogP contribution in [0.5, 0.6) is 0 Å².